The maximum atomic E-state index is 5.44. The van der Waals surface area contributed by atoms with Gasteiger partial charge in [0.15, 0.2) is 5.76 Å². The highest BCUT2D eigenvalue weighted by Gasteiger charge is 2.04. The van der Waals surface area contributed by atoms with E-state index >= 15 is 0 Å². The van der Waals surface area contributed by atoms with Crippen LogP contribution in [0.2, 0.25) is 0 Å². The van der Waals surface area contributed by atoms with Crippen LogP contribution in [0.25, 0.3) is 0 Å². The molecule has 0 radical (unpaired) electrons. The number of aromatic nitrogens is 1. The molecule has 1 aromatic heterocycles. The molecule has 4 heteroatoms. The van der Waals surface area contributed by atoms with E-state index in [1.54, 1.807) is 0 Å². The van der Waals surface area contributed by atoms with Crippen molar-refractivity contribution in [2.75, 3.05) is 13.2 Å². The molecule has 0 aromatic carbocycles. The molecule has 0 bridgehead atoms. The molecule has 15 heavy (non-hydrogen) atoms. The van der Waals surface area contributed by atoms with Crippen LogP contribution in [-0.2, 0) is 17.9 Å². The van der Waals surface area contributed by atoms with Gasteiger partial charge in [-0.15, -0.1) is 0 Å². The third-order valence-corrected chi connectivity index (χ3v) is 1.86. The largest absolute Gasteiger partial charge is 0.373 e. The molecule has 0 amide bonds. The molecular weight excluding hydrogens is 192 g/mol. The molecule has 86 valence electrons. The molecule has 4 nitrogen and oxygen atoms in total. The molecule has 0 aliphatic carbocycles. The molecular formula is C11H20N2O2. The topological polar surface area (TPSA) is 47.3 Å². The summed E-state index contributed by atoms with van der Waals surface area (Å²) in [6, 6.07) is 1.93. The lowest BCUT2D eigenvalue weighted by Gasteiger charge is -2.03. The Morgan fingerprint density at radius 2 is 2.33 bits per heavy atom. The maximum Gasteiger partial charge on any atom is 0.162 e. The van der Waals surface area contributed by atoms with Crippen molar-refractivity contribution in [3.63, 3.8) is 0 Å². The first-order valence-corrected chi connectivity index (χ1v) is 5.45. The third kappa shape index (κ3) is 4.95. The van der Waals surface area contributed by atoms with E-state index in [0.717, 1.165) is 31.2 Å². The van der Waals surface area contributed by atoms with Crippen LogP contribution >= 0.6 is 0 Å². The predicted molar refractivity (Wildman–Crippen MR) is 58.4 cm³/mol. The lowest BCUT2D eigenvalue weighted by atomic mass is 10.2. The van der Waals surface area contributed by atoms with Crippen LogP contribution < -0.4 is 5.32 Å². The molecule has 0 spiro atoms. The SMILES string of the molecule is CCNCc1cc(COCC(C)C)on1. The number of nitrogens with zero attached hydrogens (tertiary/aromatic N) is 1. The van der Waals surface area contributed by atoms with Crippen LogP contribution in [-0.4, -0.2) is 18.3 Å². The third-order valence-electron chi connectivity index (χ3n) is 1.86. The van der Waals surface area contributed by atoms with Crippen molar-refractivity contribution < 1.29 is 9.26 Å². The number of ether oxygens (including phenoxy) is 1. The van der Waals surface area contributed by atoms with Gasteiger partial charge in [0, 0.05) is 19.2 Å². The van der Waals surface area contributed by atoms with Crippen LogP contribution in [0.4, 0.5) is 0 Å². The van der Waals surface area contributed by atoms with Gasteiger partial charge in [0.05, 0.1) is 5.69 Å². The Hall–Kier alpha value is -0.870. The average molecular weight is 212 g/mol. The highest BCUT2D eigenvalue weighted by Crippen LogP contribution is 2.06. The summed E-state index contributed by atoms with van der Waals surface area (Å²) in [5.74, 6) is 1.35. The summed E-state index contributed by atoms with van der Waals surface area (Å²) in [4.78, 5) is 0. The summed E-state index contributed by atoms with van der Waals surface area (Å²) in [5.41, 5.74) is 0.931. The van der Waals surface area contributed by atoms with E-state index in [-0.39, 0.29) is 0 Å². The first-order valence-electron chi connectivity index (χ1n) is 5.45. The Morgan fingerprint density at radius 1 is 1.53 bits per heavy atom. The van der Waals surface area contributed by atoms with Gasteiger partial charge in [0.2, 0.25) is 0 Å². The molecule has 1 N–H and O–H groups in total. The Labute approximate surface area is 91.0 Å². The second kappa shape index (κ2) is 6.58. The van der Waals surface area contributed by atoms with Crippen LogP contribution in [0.3, 0.4) is 0 Å². The minimum atomic E-state index is 0.511. The fraction of sp³-hybridized carbons (Fsp3) is 0.727. The summed E-state index contributed by atoms with van der Waals surface area (Å²) >= 11 is 0. The lowest BCUT2D eigenvalue weighted by molar-refractivity contribution is 0.0805. The number of hydrogen-bond acceptors (Lipinski definition) is 4. The monoisotopic (exact) mass is 212 g/mol. The standard InChI is InChI=1S/C11H20N2O2/c1-4-12-6-10-5-11(15-13-10)8-14-7-9(2)3/h5,9,12H,4,6-8H2,1-3H3. The van der Waals surface area contributed by atoms with E-state index < -0.39 is 0 Å². The second-order valence-electron chi connectivity index (χ2n) is 3.97. The predicted octanol–water partition coefficient (Wildman–Crippen LogP) is 1.96. The van der Waals surface area contributed by atoms with Gasteiger partial charge in [-0.1, -0.05) is 25.9 Å². The van der Waals surface area contributed by atoms with Gasteiger partial charge in [0.25, 0.3) is 0 Å². The van der Waals surface area contributed by atoms with E-state index in [0.29, 0.717) is 12.5 Å². The van der Waals surface area contributed by atoms with Crippen molar-refractivity contribution in [2.45, 2.75) is 33.9 Å². The maximum absolute atomic E-state index is 5.44. The van der Waals surface area contributed by atoms with E-state index in [1.807, 2.05) is 6.07 Å². The molecule has 0 aliphatic rings. The molecule has 1 rings (SSSR count). The zero-order chi connectivity index (χ0) is 11.1. The van der Waals surface area contributed by atoms with Crippen LogP contribution in [0.5, 0.6) is 0 Å². The first-order chi connectivity index (χ1) is 7.22. The minimum Gasteiger partial charge on any atom is -0.373 e. The summed E-state index contributed by atoms with van der Waals surface area (Å²) in [5, 5.41) is 7.12. The molecule has 0 saturated carbocycles. The molecule has 0 atom stereocenters. The van der Waals surface area contributed by atoms with Gasteiger partial charge in [0.1, 0.15) is 6.61 Å². The van der Waals surface area contributed by atoms with E-state index in [9.17, 15) is 0 Å². The highest BCUT2D eigenvalue weighted by molar-refractivity contribution is 5.04. The Kier molecular flexibility index (Phi) is 5.36. The van der Waals surface area contributed by atoms with Gasteiger partial charge in [-0.25, -0.2) is 0 Å². The van der Waals surface area contributed by atoms with E-state index in [4.69, 9.17) is 9.26 Å². The van der Waals surface area contributed by atoms with Gasteiger partial charge >= 0.3 is 0 Å². The summed E-state index contributed by atoms with van der Waals surface area (Å²) in [6.45, 7) is 9.26. The molecule has 1 aromatic rings. The van der Waals surface area contributed by atoms with Crippen molar-refractivity contribution in [3.8, 4) is 0 Å². The van der Waals surface area contributed by atoms with Crippen molar-refractivity contribution in [2.24, 2.45) is 5.92 Å². The number of rotatable bonds is 7. The minimum absolute atomic E-state index is 0.511. The van der Waals surface area contributed by atoms with Gasteiger partial charge in [-0.05, 0) is 12.5 Å². The normalized spacial score (nSPS) is 11.2. The summed E-state index contributed by atoms with van der Waals surface area (Å²) < 4.78 is 10.6. The molecule has 0 aliphatic heterocycles. The van der Waals surface area contributed by atoms with E-state index in [1.165, 1.54) is 0 Å². The Bertz CT molecular complexity index is 271. The van der Waals surface area contributed by atoms with Gasteiger partial charge in [-0.3, -0.25) is 0 Å². The zero-order valence-electron chi connectivity index (χ0n) is 9.75. The zero-order valence-corrected chi connectivity index (χ0v) is 9.75. The number of nitrogens with one attached hydrogen (secondary N) is 1. The summed E-state index contributed by atoms with van der Waals surface area (Å²) in [6.07, 6.45) is 0. The van der Waals surface area contributed by atoms with Crippen molar-refractivity contribution in [1.82, 2.24) is 10.5 Å². The lowest BCUT2D eigenvalue weighted by Crippen LogP contribution is -2.11. The Morgan fingerprint density at radius 3 is 3.00 bits per heavy atom. The molecule has 1 heterocycles. The molecule has 0 fully saturated rings. The van der Waals surface area contributed by atoms with Crippen molar-refractivity contribution in [3.05, 3.63) is 17.5 Å². The Balaban J connectivity index is 2.26. The van der Waals surface area contributed by atoms with Crippen molar-refractivity contribution in [1.29, 1.82) is 0 Å². The highest BCUT2D eigenvalue weighted by atomic mass is 16.5. The smallest absolute Gasteiger partial charge is 0.162 e. The molecule has 0 saturated heterocycles. The van der Waals surface area contributed by atoms with Crippen LogP contribution in [0, 0.1) is 5.92 Å². The van der Waals surface area contributed by atoms with Gasteiger partial charge < -0.3 is 14.6 Å². The number of hydrogen-bond donors (Lipinski definition) is 1. The van der Waals surface area contributed by atoms with Crippen LogP contribution in [0.1, 0.15) is 32.2 Å². The van der Waals surface area contributed by atoms with E-state index in [2.05, 4.69) is 31.2 Å². The van der Waals surface area contributed by atoms with Crippen molar-refractivity contribution >= 4 is 0 Å². The first kappa shape index (κ1) is 12.2. The quantitative estimate of drug-likeness (QED) is 0.750. The van der Waals surface area contributed by atoms with Crippen LogP contribution in [0.15, 0.2) is 10.6 Å². The summed E-state index contributed by atoms with van der Waals surface area (Å²) in [7, 11) is 0. The average Bonchev–Trinajstić information content (AvgIpc) is 2.62. The molecule has 0 unspecified atom stereocenters. The fourth-order valence-corrected chi connectivity index (χ4v) is 1.16. The van der Waals surface area contributed by atoms with Gasteiger partial charge in [-0.2, -0.15) is 0 Å². The fourth-order valence-electron chi connectivity index (χ4n) is 1.16. The second-order valence-corrected chi connectivity index (χ2v) is 3.97.